The molecule has 19 heavy (non-hydrogen) atoms. The van der Waals surface area contributed by atoms with E-state index in [9.17, 15) is 9.90 Å². The summed E-state index contributed by atoms with van der Waals surface area (Å²) >= 11 is 6.63. The monoisotopic (exact) mass is 383 g/mol. The zero-order valence-electron chi connectivity index (χ0n) is 10.1. The van der Waals surface area contributed by atoms with Gasteiger partial charge in [0.2, 0.25) is 0 Å². The van der Waals surface area contributed by atoms with Gasteiger partial charge in [-0.3, -0.25) is 4.79 Å². The normalized spacial score (nSPS) is 10.3. The predicted molar refractivity (Wildman–Crippen MR) is 82.6 cm³/mol. The van der Waals surface area contributed by atoms with Crippen molar-refractivity contribution in [2.24, 2.45) is 0 Å². The standard InChI is InChI=1S/C14H11Br2NO2/c1-8-2-5-12(11(16)6-8)17-14(19)10-4-3-9(15)7-13(10)18/h2-7,18H,1H3,(H,17,19). The van der Waals surface area contributed by atoms with E-state index in [1.54, 1.807) is 12.1 Å². The molecule has 3 nitrogen and oxygen atoms in total. The van der Waals surface area contributed by atoms with Crippen LogP contribution in [0.2, 0.25) is 0 Å². The first-order chi connectivity index (χ1) is 8.97. The molecular formula is C14H11Br2NO2. The Labute approximate surface area is 127 Å². The Morgan fingerprint density at radius 3 is 2.53 bits per heavy atom. The summed E-state index contributed by atoms with van der Waals surface area (Å²) in [7, 11) is 0. The summed E-state index contributed by atoms with van der Waals surface area (Å²) in [5.74, 6) is -0.412. The molecule has 0 aliphatic carbocycles. The lowest BCUT2D eigenvalue weighted by Gasteiger charge is -2.09. The summed E-state index contributed by atoms with van der Waals surface area (Å²) in [6.07, 6.45) is 0. The average Bonchev–Trinajstić information content (AvgIpc) is 2.32. The highest BCUT2D eigenvalue weighted by atomic mass is 79.9. The van der Waals surface area contributed by atoms with E-state index >= 15 is 0 Å². The van der Waals surface area contributed by atoms with Crippen molar-refractivity contribution in [2.45, 2.75) is 6.92 Å². The van der Waals surface area contributed by atoms with Gasteiger partial charge in [0.1, 0.15) is 5.75 Å². The molecule has 0 fully saturated rings. The van der Waals surface area contributed by atoms with Crippen molar-refractivity contribution in [3.8, 4) is 5.75 Å². The van der Waals surface area contributed by atoms with Crippen molar-refractivity contribution in [3.05, 3.63) is 56.5 Å². The first-order valence-electron chi connectivity index (χ1n) is 5.53. The lowest BCUT2D eigenvalue weighted by Crippen LogP contribution is -2.12. The van der Waals surface area contributed by atoms with Crippen LogP contribution in [0, 0.1) is 6.92 Å². The van der Waals surface area contributed by atoms with E-state index in [0.717, 1.165) is 14.5 Å². The largest absolute Gasteiger partial charge is 0.507 e. The number of phenolic OH excluding ortho intramolecular Hbond substituents is 1. The van der Waals surface area contributed by atoms with Gasteiger partial charge in [0.05, 0.1) is 11.3 Å². The minimum absolute atomic E-state index is 0.0601. The number of halogens is 2. The van der Waals surface area contributed by atoms with Crippen LogP contribution in [0.15, 0.2) is 45.3 Å². The van der Waals surface area contributed by atoms with Crippen LogP contribution in [0.4, 0.5) is 5.69 Å². The highest BCUT2D eigenvalue weighted by Crippen LogP contribution is 2.26. The van der Waals surface area contributed by atoms with Crippen molar-refractivity contribution in [1.29, 1.82) is 0 Å². The molecule has 0 aliphatic heterocycles. The van der Waals surface area contributed by atoms with E-state index in [-0.39, 0.29) is 17.2 Å². The van der Waals surface area contributed by atoms with E-state index in [0.29, 0.717) is 5.69 Å². The lowest BCUT2D eigenvalue weighted by molar-refractivity contribution is 0.102. The van der Waals surface area contributed by atoms with Crippen LogP contribution in [0.25, 0.3) is 0 Å². The molecule has 0 spiro atoms. The van der Waals surface area contributed by atoms with Crippen LogP contribution in [0.1, 0.15) is 15.9 Å². The summed E-state index contributed by atoms with van der Waals surface area (Å²) in [4.78, 5) is 12.1. The van der Waals surface area contributed by atoms with Crippen molar-refractivity contribution in [1.82, 2.24) is 0 Å². The minimum Gasteiger partial charge on any atom is -0.507 e. The Hall–Kier alpha value is -1.33. The number of carbonyl (C=O) groups is 1. The van der Waals surface area contributed by atoms with Gasteiger partial charge in [-0.05, 0) is 58.7 Å². The molecule has 5 heteroatoms. The second-order valence-corrected chi connectivity index (χ2v) is 5.87. The fraction of sp³-hybridized carbons (Fsp3) is 0.0714. The summed E-state index contributed by atoms with van der Waals surface area (Å²) in [6, 6.07) is 10.4. The minimum atomic E-state index is -0.352. The first-order valence-corrected chi connectivity index (χ1v) is 7.12. The molecule has 0 aromatic heterocycles. The topological polar surface area (TPSA) is 49.3 Å². The number of amides is 1. The van der Waals surface area contributed by atoms with E-state index < -0.39 is 0 Å². The Balaban J connectivity index is 2.25. The molecule has 2 aromatic rings. The van der Waals surface area contributed by atoms with E-state index in [4.69, 9.17) is 0 Å². The SMILES string of the molecule is Cc1ccc(NC(=O)c2ccc(Br)cc2O)c(Br)c1. The van der Waals surface area contributed by atoms with Gasteiger partial charge in [0.15, 0.2) is 0 Å². The molecule has 0 bridgehead atoms. The number of hydrogen-bond acceptors (Lipinski definition) is 2. The molecule has 2 rings (SSSR count). The fourth-order valence-corrected chi connectivity index (χ4v) is 2.55. The Morgan fingerprint density at radius 1 is 1.16 bits per heavy atom. The van der Waals surface area contributed by atoms with Gasteiger partial charge < -0.3 is 10.4 Å². The van der Waals surface area contributed by atoms with Gasteiger partial charge in [0, 0.05) is 8.95 Å². The summed E-state index contributed by atoms with van der Waals surface area (Å²) in [5.41, 5.74) is 1.99. The van der Waals surface area contributed by atoms with Crippen LogP contribution in [-0.4, -0.2) is 11.0 Å². The lowest BCUT2D eigenvalue weighted by atomic mass is 10.1. The summed E-state index contributed by atoms with van der Waals surface area (Å²) in [5, 5.41) is 12.5. The smallest absolute Gasteiger partial charge is 0.259 e. The predicted octanol–water partition coefficient (Wildman–Crippen LogP) is 4.48. The van der Waals surface area contributed by atoms with E-state index in [2.05, 4.69) is 37.2 Å². The quantitative estimate of drug-likeness (QED) is 0.801. The van der Waals surface area contributed by atoms with E-state index in [1.807, 2.05) is 25.1 Å². The Kier molecular flexibility index (Phi) is 4.27. The number of carbonyl (C=O) groups excluding carboxylic acids is 1. The van der Waals surface area contributed by atoms with Gasteiger partial charge in [-0.25, -0.2) is 0 Å². The van der Waals surface area contributed by atoms with Gasteiger partial charge in [0.25, 0.3) is 5.91 Å². The molecule has 0 atom stereocenters. The highest BCUT2D eigenvalue weighted by molar-refractivity contribution is 9.10. The Bertz CT molecular complexity index is 641. The van der Waals surface area contributed by atoms with Crippen LogP contribution in [0.3, 0.4) is 0 Å². The van der Waals surface area contributed by atoms with Crippen molar-refractivity contribution >= 4 is 43.5 Å². The molecule has 2 aromatic carbocycles. The molecule has 0 aliphatic rings. The third kappa shape index (κ3) is 3.36. The number of benzene rings is 2. The van der Waals surface area contributed by atoms with Gasteiger partial charge in [-0.2, -0.15) is 0 Å². The van der Waals surface area contributed by atoms with Crippen LogP contribution in [0.5, 0.6) is 5.75 Å². The molecule has 0 saturated carbocycles. The third-order valence-electron chi connectivity index (χ3n) is 2.58. The molecule has 0 heterocycles. The molecule has 1 amide bonds. The number of aryl methyl sites for hydroxylation is 1. The van der Waals surface area contributed by atoms with Crippen LogP contribution in [-0.2, 0) is 0 Å². The second-order valence-electron chi connectivity index (χ2n) is 4.10. The maximum atomic E-state index is 12.1. The Morgan fingerprint density at radius 2 is 1.89 bits per heavy atom. The maximum Gasteiger partial charge on any atom is 0.259 e. The molecule has 0 saturated heterocycles. The number of nitrogens with one attached hydrogen (secondary N) is 1. The zero-order chi connectivity index (χ0) is 14.0. The summed E-state index contributed by atoms with van der Waals surface area (Å²) < 4.78 is 1.52. The van der Waals surface area contributed by atoms with Crippen molar-refractivity contribution in [2.75, 3.05) is 5.32 Å². The molecular weight excluding hydrogens is 374 g/mol. The summed E-state index contributed by atoms with van der Waals surface area (Å²) in [6.45, 7) is 1.97. The maximum absolute atomic E-state index is 12.1. The molecule has 2 N–H and O–H groups in total. The fourth-order valence-electron chi connectivity index (χ4n) is 1.61. The number of phenols is 1. The van der Waals surface area contributed by atoms with Crippen LogP contribution >= 0.6 is 31.9 Å². The number of aromatic hydroxyl groups is 1. The first kappa shape index (κ1) is 14.1. The molecule has 98 valence electrons. The number of rotatable bonds is 2. The zero-order valence-corrected chi connectivity index (χ0v) is 13.2. The van der Waals surface area contributed by atoms with Gasteiger partial charge in [-0.15, -0.1) is 0 Å². The van der Waals surface area contributed by atoms with Crippen molar-refractivity contribution in [3.63, 3.8) is 0 Å². The third-order valence-corrected chi connectivity index (χ3v) is 3.73. The average molecular weight is 385 g/mol. The van der Waals surface area contributed by atoms with E-state index in [1.165, 1.54) is 6.07 Å². The van der Waals surface area contributed by atoms with Gasteiger partial charge >= 0.3 is 0 Å². The highest BCUT2D eigenvalue weighted by Gasteiger charge is 2.12. The number of anilines is 1. The second kappa shape index (κ2) is 5.75. The number of hydrogen-bond donors (Lipinski definition) is 2. The van der Waals surface area contributed by atoms with Crippen LogP contribution < -0.4 is 5.32 Å². The van der Waals surface area contributed by atoms with Crippen molar-refractivity contribution < 1.29 is 9.90 Å². The van der Waals surface area contributed by atoms with Gasteiger partial charge in [-0.1, -0.05) is 22.0 Å². The molecule has 0 radical (unpaired) electrons. The molecule has 0 unspecified atom stereocenters.